The van der Waals surface area contributed by atoms with Gasteiger partial charge in [-0.05, 0) is 32.4 Å². The lowest BCUT2D eigenvalue weighted by Gasteiger charge is -2.40. The number of aliphatic hydroxyl groups is 2. The van der Waals surface area contributed by atoms with Gasteiger partial charge in [-0.3, -0.25) is 0 Å². The van der Waals surface area contributed by atoms with Crippen LogP contribution in [-0.2, 0) is 6.18 Å². The number of aromatic nitrogens is 1. The molecule has 112 valence electrons. The van der Waals surface area contributed by atoms with Gasteiger partial charge >= 0.3 is 6.18 Å². The summed E-state index contributed by atoms with van der Waals surface area (Å²) >= 11 is 0. The molecule has 1 aliphatic rings. The molecule has 0 aliphatic carbocycles. The molecule has 2 rings (SSSR count). The number of alkyl halides is 3. The van der Waals surface area contributed by atoms with Crippen molar-refractivity contribution in [1.82, 2.24) is 4.98 Å². The SMILES string of the molecule is Cc1cc(C(F)(F)F)cc(N2CC[C@@](C)(O)[C@@H](O)C2)n1. The van der Waals surface area contributed by atoms with Crippen molar-refractivity contribution in [2.75, 3.05) is 18.0 Å². The molecule has 0 spiro atoms. The topological polar surface area (TPSA) is 56.6 Å². The number of aryl methyl sites for hydroxylation is 1. The van der Waals surface area contributed by atoms with Crippen LogP contribution in [0.5, 0.6) is 0 Å². The third-order valence-electron chi connectivity index (χ3n) is 3.59. The fourth-order valence-corrected chi connectivity index (χ4v) is 2.21. The molecular weight excluding hydrogens is 273 g/mol. The minimum Gasteiger partial charge on any atom is -0.388 e. The minimum atomic E-state index is -4.43. The van der Waals surface area contributed by atoms with Gasteiger partial charge < -0.3 is 15.1 Å². The van der Waals surface area contributed by atoms with Crippen LogP contribution in [0.2, 0.25) is 0 Å². The van der Waals surface area contributed by atoms with Gasteiger partial charge in [-0.25, -0.2) is 4.98 Å². The van der Waals surface area contributed by atoms with Crippen molar-refractivity contribution in [2.45, 2.75) is 38.1 Å². The molecular formula is C13H17F3N2O2. The first-order valence-electron chi connectivity index (χ1n) is 6.31. The normalized spacial score (nSPS) is 27.8. The van der Waals surface area contributed by atoms with E-state index in [2.05, 4.69) is 4.98 Å². The van der Waals surface area contributed by atoms with Gasteiger partial charge in [-0.1, -0.05) is 0 Å². The maximum atomic E-state index is 12.8. The number of hydrogen-bond donors (Lipinski definition) is 2. The molecule has 0 bridgehead atoms. The van der Waals surface area contributed by atoms with E-state index in [1.165, 1.54) is 13.8 Å². The summed E-state index contributed by atoms with van der Waals surface area (Å²) in [6, 6.07) is 1.96. The Morgan fingerprint density at radius 1 is 1.40 bits per heavy atom. The van der Waals surface area contributed by atoms with E-state index in [9.17, 15) is 23.4 Å². The second kappa shape index (κ2) is 4.89. The van der Waals surface area contributed by atoms with Crippen LogP contribution in [0.25, 0.3) is 0 Å². The molecule has 20 heavy (non-hydrogen) atoms. The number of anilines is 1. The zero-order chi connectivity index (χ0) is 15.1. The molecule has 0 aromatic carbocycles. The lowest BCUT2D eigenvalue weighted by atomic mass is 9.91. The maximum absolute atomic E-state index is 12.8. The first kappa shape index (κ1) is 15.1. The summed E-state index contributed by atoms with van der Waals surface area (Å²) in [5, 5.41) is 19.7. The molecule has 4 nitrogen and oxygen atoms in total. The maximum Gasteiger partial charge on any atom is 0.416 e. The Balaban J connectivity index is 2.28. The summed E-state index contributed by atoms with van der Waals surface area (Å²) in [4.78, 5) is 5.65. The average Bonchev–Trinajstić information content (AvgIpc) is 2.31. The fourth-order valence-electron chi connectivity index (χ4n) is 2.21. The Morgan fingerprint density at radius 3 is 2.60 bits per heavy atom. The number of piperidine rings is 1. The third-order valence-corrected chi connectivity index (χ3v) is 3.59. The molecule has 1 fully saturated rings. The molecule has 1 aromatic heterocycles. The van der Waals surface area contributed by atoms with E-state index < -0.39 is 23.4 Å². The lowest BCUT2D eigenvalue weighted by Crippen LogP contribution is -2.54. The summed E-state index contributed by atoms with van der Waals surface area (Å²) in [5.74, 6) is 0.173. The van der Waals surface area contributed by atoms with Gasteiger partial charge in [0.25, 0.3) is 0 Å². The number of pyridine rings is 1. The van der Waals surface area contributed by atoms with Crippen molar-refractivity contribution in [1.29, 1.82) is 0 Å². The van der Waals surface area contributed by atoms with Crippen molar-refractivity contribution >= 4 is 5.82 Å². The average molecular weight is 290 g/mol. The van der Waals surface area contributed by atoms with Gasteiger partial charge in [-0.15, -0.1) is 0 Å². The van der Waals surface area contributed by atoms with Crippen LogP contribution in [0.15, 0.2) is 12.1 Å². The van der Waals surface area contributed by atoms with Crippen LogP contribution in [0.1, 0.15) is 24.6 Å². The first-order chi connectivity index (χ1) is 9.09. The predicted octanol–water partition coefficient (Wildman–Crippen LogP) is 1.73. The van der Waals surface area contributed by atoms with Crippen LogP contribution in [0, 0.1) is 6.92 Å². The highest BCUT2D eigenvalue weighted by atomic mass is 19.4. The van der Waals surface area contributed by atoms with E-state index in [0.717, 1.165) is 12.1 Å². The van der Waals surface area contributed by atoms with Crippen LogP contribution >= 0.6 is 0 Å². The highest BCUT2D eigenvalue weighted by molar-refractivity contribution is 5.44. The van der Waals surface area contributed by atoms with Crippen molar-refractivity contribution < 1.29 is 23.4 Å². The predicted molar refractivity (Wildman–Crippen MR) is 67.4 cm³/mol. The summed E-state index contributed by atoms with van der Waals surface area (Å²) in [7, 11) is 0. The number of halogens is 3. The number of nitrogens with zero attached hydrogens (tertiary/aromatic N) is 2. The van der Waals surface area contributed by atoms with Gasteiger partial charge in [-0.2, -0.15) is 13.2 Å². The van der Waals surface area contributed by atoms with Gasteiger partial charge in [0.05, 0.1) is 17.3 Å². The number of hydrogen-bond acceptors (Lipinski definition) is 4. The van der Waals surface area contributed by atoms with Crippen molar-refractivity contribution in [3.63, 3.8) is 0 Å². The van der Waals surface area contributed by atoms with Crippen molar-refractivity contribution in [3.8, 4) is 0 Å². The second-order valence-electron chi connectivity index (χ2n) is 5.42. The third kappa shape index (κ3) is 3.04. The molecule has 0 unspecified atom stereocenters. The lowest BCUT2D eigenvalue weighted by molar-refractivity contribution is -0.137. The molecule has 7 heteroatoms. The van der Waals surface area contributed by atoms with E-state index in [1.54, 1.807) is 4.90 Å². The van der Waals surface area contributed by atoms with Gasteiger partial charge in [0.15, 0.2) is 0 Å². The van der Waals surface area contributed by atoms with E-state index in [-0.39, 0.29) is 24.5 Å². The highest BCUT2D eigenvalue weighted by Gasteiger charge is 2.38. The van der Waals surface area contributed by atoms with Crippen molar-refractivity contribution in [3.05, 3.63) is 23.4 Å². The van der Waals surface area contributed by atoms with E-state index in [4.69, 9.17) is 0 Å². The van der Waals surface area contributed by atoms with Gasteiger partial charge in [0.1, 0.15) is 5.82 Å². The highest BCUT2D eigenvalue weighted by Crippen LogP contribution is 2.33. The Bertz CT molecular complexity index is 503. The molecule has 0 radical (unpaired) electrons. The van der Waals surface area contributed by atoms with Gasteiger partial charge in [0.2, 0.25) is 0 Å². The number of β-amino-alcohol motifs (C(OH)–C–C–N with tert-alkyl or cyclic N) is 1. The van der Waals surface area contributed by atoms with E-state index >= 15 is 0 Å². The molecule has 1 aliphatic heterocycles. The molecule has 1 aromatic rings. The Morgan fingerprint density at radius 2 is 2.05 bits per heavy atom. The molecule has 2 N–H and O–H groups in total. The zero-order valence-electron chi connectivity index (χ0n) is 11.3. The Hall–Kier alpha value is -1.34. The summed E-state index contributed by atoms with van der Waals surface area (Å²) in [5.41, 5.74) is -1.71. The van der Waals surface area contributed by atoms with Crippen LogP contribution < -0.4 is 4.90 Å². The van der Waals surface area contributed by atoms with Crippen molar-refractivity contribution in [2.24, 2.45) is 0 Å². The van der Waals surface area contributed by atoms with E-state index in [1.807, 2.05) is 0 Å². The van der Waals surface area contributed by atoms with E-state index in [0.29, 0.717) is 6.54 Å². The molecule has 2 atom stereocenters. The largest absolute Gasteiger partial charge is 0.416 e. The minimum absolute atomic E-state index is 0.0563. The monoisotopic (exact) mass is 290 g/mol. The summed E-state index contributed by atoms with van der Waals surface area (Å²) in [6.07, 6.45) is -5.18. The number of aliphatic hydroxyl groups excluding tert-OH is 1. The zero-order valence-corrected chi connectivity index (χ0v) is 11.3. The standard InChI is InChI=1S/C13H17F3N2O2/c1-8-5-9(13(14,15)16)6-11(17-8)18-4-3-12(2,20)10(19)7-18/h5-6,10,19-20H,3-4,7H2,1-2H3/t10-,12+/m0/s1. The van der Waals surface area contributed by atoms with Crippen LogP contribution in [0.3, 0.4) is 0 Å². The fraction of sp³-hybridized carbons (Fsp3) is 0.615. The van der Waals surface area contributed by atoms with Crippen LogP contribution in [-0.4, -0.2) is 40.0 Å². The Kier molecular flexibility index (Phi) is 3.68. The number of rotatable bonds is 1. The summed E-state index contributed by atoms with van der Waals surface area (Å²) in [6.45, 7) is 3.41. The first-order valence-corrected chi connectivity index (χ1v) is 6.31. The quantitative estimate of drug-likeness (QED) is 0.827. The van der Waals surface area contributed by atoms with Crippen LogP contribution in [0.4, 0.5) is 19.0 Å². The Labute approximate surface area is 114 Å². The molecule has 0 amide bonds. The molecule has 1 saturated heterocycles. The van der Waals surface area contributed by atoms with Gasteiger partial charge in [0, 0.05) is 18.8 Å². The summed E-state index contributed by atoms with van der Waals surface area (Å²) < 4.78 is 38.3. The smallest absolute Gasteiger partial charge is 0.388 e. The molecule has 0 saturated carbocycles. The molecule has 2 heterocycles. The second-order valence-corrected chi connectivity index (χ2v) is 5.42.